The molecule has 2 aliphatic heterocycles. The van der Waals surface area contributed by atoms with Crippen molar-refractivity contribution in [1.82, 2.24) is 14.9 Å². The van der Waals surface area contributed by atoms with Gasteiger partial charge in [-0.2, -0.15) is 0 Å². The molecule has 0 spiro atoms. The second-order valence-corrected chi connectivity index (χ2v) is 19.1. The number of carbonyl (C=O) groups is 2. The Morgan fingerprint density at radius 2 is 1.58 bits per heavy atom. The third-order valence-corrected chi connectivity index (χ3v) is 14.6. The molecule has 2 fully saturated rings. The van der Waals surface area contributed by atoms with Crippen molar-refractivity contribution in [3.05, 3.63) is 148 Å². The zero-order valence-corrected chi connectivity index (χ0v) is 38.1. The fourth-order valence-corrected chi connectivity index (χ4v) is 10.3. The summed E-state index contributed by atoms with van der Waals surface area (Å²) in [6.07, 6.45) is 0.700. The van der Waals surface area contributed by atoms with E-state index >= 15 is 0 Å². The first-order valence-electron chi connectivity index (χ1n) is 21.2. The molecule has 5 aromatic carbocycles. The van der Waals surface area contributed by atoms with E-state index < -0.39 is 30.9 Å². The Balaban J connectivity index is 1.02. The van der Waals surface area contributed by atoms with Gasteiger partial charge in [-0.05, 0) is 83.8 Å². The van der Waals surface area contributed by atoms with E-state index in [4.69, 9.17) is 25.6 Å². The molecule has 2 heterocycles. The highest BCUT2D eigenvalue weighted by Gasteiger charge is 2.33. The Kier molecular flexibility index (Phi) is 16.5. The predicted molar refractivity (Wildman–Crippen MR) is 253 cm³/mol. The summed E-state index contributed by atoms with van der Waals surface area (Å²) in [5.74, 6) is -0.953. The van der Waals surface area contributed by atoms with Gasteiger partial charge in [0.25, 0.3) is 11.6 Å². The maximum atomic E-state index is 14.6. The average molecular weight is 927 g/mol. The fraction of sp³-hybridized carbons (Fsp3) is 0.319. The highest BCUT2D eigenvalue weighted by molar-refractivity contribution is 7.99. The molecule has 2 atom stereocenters. The average Bonchev–Trinajstić information content (AvgIpc) is 3.33. The Morgan fingerprint density at radius 1 is 0.875 bits per heavy atom. The molecule has 7 rings (SSSR count). The molecule has 2 saturated heterocycles. The number of thioether (sulfide) groups is 1. The van der Waals surface area contributed by atoms with Crippen LogP contribution in [-0.2, 0) is 29.9 Å². The summed E-state index contributed by atoms with van der Waals surface area (Å²) in [7, 11) is -3.29. The number of esters is 1. The number of anilines is 2. The van der Waals surface area contributed by atoms with Crippen molar-refractivity contribution in [3.8, 4) is 11.1 Å². The maximum absolute atomic E-state index is 14.6. The number of hydrogen-bond acceptors (Lipinski definition) is 13. The Labute approximate surface area is 382 Å². The number of ether oxygens (including phenoxy) is 2. The molecule has 0 saturated carbocycles. The standard InChI is InChI=1S/C47H52ClN6O8PS/c1-60-46(55)33-62-63(59,41-19-20-44(45(31-41)54(57)58)49-39(21-22-51-27-29-61-30-28-51)34-64-42-8-3-2-4-9-42)50-47(56)36-13-17-40(18-14-36)53-25-23-52(24-26-53)32-37-7-5-6-10-43(37)35-11-15-38(48)16-12-35/h2-20,31,39,49H,21-30,32-34H2,1H3,(H,50,56,59)/t39-,63?/m1/s1. The van der Waals surface area contributed by atoms with Crippen LogP contribution >= 0.6 is 30.9 Å². The number of piperazine rings is 1. The second kappa shape index (κ2) is 22.6. The number of morpholine rings is 1. The number of nitrogens with zero attached hydrogens (tertiary/aromatic N) is 4. The maximum Gasteiger partial charge on any atom is 0.332 e. The molecule has 64 heavy (non-hydrogen) atoms. The van der Waals surface area contributed by atoms with E-state index in [0.29, 0.717) is 30.4 Å². The number of carbonyl (C=O) groups excluding carboxylic acids is 2. The lowest BCUT2D eigenvalue weighted by molar-refractivity contribution is -0.383. The summed E-state index contributed by atoms with van der Waals surface area (Å²) >= 11 is 7.78. The molecular formula is C47H52ClN6O8PS. The van der Waals surface area contributed by atoms with Gasteiger partial charge in [0.05, 0.1) is 30.6 Å². The van der Waals surface area contributed by atoms with E-state index in [-0.39, 0.29) is 28.3 Å². The molecule has 0 bridgehead atoms. The number of nitro groups is 1. The van der Waals surface area contributed by atoms with Gasteiger partial charge < -0.3 is 19.7 Å². The van der Waals surface area contributed by atoms with Gasteiger partial charge in [-0.25, -0.2) is 4.79 Å². The Hall–Kier alpha value is -5.25. The van der Waals surface area contributed by atoms with Crippen LogP contribution in [-0.4, -0.2) is 111 Å². The topological polar surface area (TPSA) is 156 Å². The number of nitrogens with one attached hydrogen (secondary N) is 2. The molecule has 0 aromatic heterocycles. The monoisotopic (exact) mass is 926 g/mol. The van der Waals surface area contributed by atoms with Crippen LogP contribution in [0.4, 0.5) is 17.1 Å². The number of amides is 1. The summed E-state index contributed by atoms with van der Waals surface area (Å²) in [6, 6.07) is 36.9. The second-order valence-electron chi connectivity index (χ2n) is 15.5. The van der Waals surface area contributed by atoms with Crippen LogP contribution in [0.25, 0.3) is 11.1 Å². The number of hydrogen-bond donors (Lipinski definition) is 2. The molecule has 0 aliphatic carbocycles. The van der Waals surface area contributed by atoms with Crippen molar-refractivity contribution < 1.29 is 33.1 Å². The third kappa shape index (κ3) is 12.7. The van der Waals surface area contributed by atoms with E-state index in [0.717, 1.165) is 81.7 Å². The summed E-state index contributed by atoms with van der Waals surface area (Å²) in [4.78, 5) is 46.0. The lowest BCUT2D eigenvalue weighted by Gasteiger charge is -2.36. The zero-order chi connectivity index (χ0) is 44.9. The van der Waals surface area contributed by atoms with Crippen molar-refractivity contribution in [3.63, 3.8) is 0 Å². The van der Waals surface area contributed by atoms with Gasteiger partial charge in [0.2, 0.25) is 0 Å². The zero-order valence-electron chi connectivity index (χ0n) is 35.6. The minimum atomic E-state index is -4.44. The summed E-state index contributed by atoms with van der Waals surface area (Å²) in [5.41, 5.74) is 4.51. The SMILES string of the molecule is COC(=O)COP(=O)(NC(=O)c1ccc(N2CCN(Cc3ccccc3-c3ccc(Cl)cc3)CC2)cc1)c1ccc(N[C@H](CCN2CCOCC2)CSc2ccccc2)c([N+](=O)[O-])c1. The minimum Gasteiger partial charge on any atom is -0.467 e. The lowest BCUT2D eigenvalue weighted by atomic mass is 9.99. The smallest absolute Gasteiger partial charge is 0.332 e. The molecule has 1 amide bonds. The third-order valence-electron chi connectivity index (χ3n) is 11.2. The number of nitro benzene ring substituents is 1. The van der Waals surface area contributed by atoms with Gasteiger partial charge in [0.15, 0.2) is 6.61 Å². The normalized spacial score (nSPS) is 16.1. The van der Waals surface area contributed by atoms with Crippen LogP contribution in [0.5, 0.6) is 0 Å². The van der Waals surface area contributed by atoms with Gasteiger partial charge in [-0.15, -0.1) is 11.8 Å². The van der Waals surface area contributed by atoms with E-state index in [1.807, 2.05) is 72.8 Å². The molecule has 0 radical (unpaired) electrons. The summed E-state index contributed by atoms with van der Waals surface area (Å²) < 4.78 is 30.4. The first kappa shape index (κ1) is 46.7. The van der Waals surface area contributed by atoms with Crippen molar-refractivity contribution >= 4 is 65.1 Å². The van der Waals surface area contributed by atoms with Crippen LogP contribution in [0.1, 0.15) is 22.3 Å². The number of halogens is 1. The van der Waals surface area contributed by atoms with E-state index in [9.17, 15) is 24.3 Å². The highest BCUT2D eigenvalue weighted by atomic mass is 35.5. The molecular weight excluding hydrogens is 875 g/mol. The molecule has 17 heteroatoms. The molecule has 336 valence electrons. The molecule has 2 N–H and O–H groups in total. The summed E-state index contributed by atoms with van der Waals surface area (Å²) in [5, 5.41) is 19.0. The van der Waals surface area contributed by atoms with Crippen LogP contribution in [0.15, 0.2) is 126 Å². The van der Waals surface area contributed by atoms with E-state index in [1.54, 1.807) is 23.9 Å². The molecule has 5 aromatic rings. The van der Waals surface area contributed by atoms with Crippen LogP contribution in [0, 0.1) is 10.1 Å². The van der Waals surface area contributed by atoms with Crippen molar-refractivity contribution in [2.45, 2.75) is 23.9 Å². The molecule has 2 aliphatic rings. The van der Waals surface area contributed by atoms with Crippen LogP contribution in [0.2, 0.25) is 5.02 Å². The first-order valence-corrected chi connectivity index (χ1v) is 24.1. The van der Waals surface area contributed by atoms with Gasteiger partial charge in [-0.3, -0.25) is 38.9 Å². The first-order chi connectivity index (χ1) is 31.1. The van der Waals surface area contributed by atoms with Gasteiger partial charge in [0.1, 0.15) is 5.69 Å². The van der Waals surface area contributed by atoms with E-state index in [2.05, 4.69) is 43.3 Å². The van der Waals surface area contributed by atoms with Crippen LogP contribution < -0.4 is 20.6 Å². The van der Waals surface area contributed by atoms with Gasteiger partial charge in [0, 0.05) is 91.4 Å². The molecule has 1 unspecified atom stereocenters. The van der Waals surface area contributed by atoms with Crippen LogP contribution in [0.3, 0.4) is 0 Å². The van der Waals surface area contributed by atoms with Gasteiger partial charge in [-0.1, -0.05) is 66.2 Å². The lowest BCUT2D eigenvalue weighted by Crippen LogP contribution is -2.46. The largest absolute Gasteiger partial charge is 0.467 e. The molecule has 14 nitrogen and oxygen atoms in total. The van der Waals surface area contributed by atoms with Crippen molar-refractivity contribution in [2.24, 2.45) is 0 Å². The number of benzene rings is 5. The number of methoxy groups -OCH3 is 1. The highest BCUT2D eigenvalue weighted by Crippen LogP contribution is 2.43. The quantitative estimate of drug-likeness (QED) is 0.0271. The Bertz CT molecular complexity index is 2400. The van der Waals surface area contributed by atoms with E-state index in [1.165, 1.54) is 23.3 Å². The van der Waals surface area contributed by atoms with Crippen molar-refractivity contribution in [1.29, 1.82) is 0 Å². The summed E-state index contributed by atoms with van der Waals surface area (Å²) in [6.45, 7) is 6.96. The number of rotatable bonds is 19. The fourth-order valence-electron chi connectivity index (χ4n) is 7.64. The predicted octanol–water partition coefficient (Wildman–Crippen LogP) is 7.97. The minimum absolute atomic E-state index is 0.157. The van der Waals surface area contributed by atoms with Crippen molar-refractivity contribution in [2.75, 3.05) is 88.7 Å². The Morgan fingerprint density at radius 3 is 2.28 bits per heavy atom. The van der Waals surface area contributed by atoms with Gasteiger partial charge >= 0.3 is 13.5 Å².